The Morgan fingerprint density at radius 3 is 2.65 bits per heavy atom. The van der Waals surface area contributed by atoms with Crippen LogP contribution in [0.4, 0.5) is 0 Å². The number of carboxylic acids is 1. The Morgan fingerprint density at radius 2 is 2.00 bits per heavy atom. The number of fused-ring (bicyclic) bond motifs is 1. The molecule has 0 bridgehead atoms. The Kier molecular flexibility index (Phi) is 4.16. The van der Waals surface area contributed by atoms with E-state index in [1.165, 1.54) is 0 Å². The van der Waals surface area contributed by atoms with Crippen LogP contribution < -0.4 is 5.32 Å². The van der Waals surface area contributed by atoms with E-state index >= 15 is 0 Å². The van der Waals surface area contributed by atoms with Crippen LogP contribution in [-0.4, -0.2) is 35.7 Å². The second kappa shape index (κ2) is 5.98. The maximum absolute atomic E-state index is 12.6. The molecule has 23 heavy (non-hydrogen) atoms. The summed E-state index contributed by atoms with van der Waals surface area (Å²) in [5.41, 5.74) is -0.0278. The molecule has 6 nitrogen and oxygen atoms in total. The minimum atomic E-state index is -1.30. The Hall–Kier alpha value is -1.86. The zero-order valence-electron chi connectivity index (χ0n) is 12.5. The number of carbonyl (C=O) groups excluding carboxylic acids is 1. The van der Waals surface area contributed by atoms with E-state index < -0.39 is 17.4 Å². The van der Waals surface area contributed by atoms with Crippen molar-refractivity contribution in [2.45, 2.75) is 25.3 Å². The molecule has 1 aromatic heterocycles. The first kappa shape index (κ1) is 16.0. The fraction of sp³-hybridized carbons (Fsp3) is 0.375. The van der Waals surface area contributed by atoms with Crippen LogP contribution in [0.2, 0.25) is 0 Å². The first-order valence-electron chi connectivity index (χ1n) is 7.25. The van der Waals surface area contributed by atoms with Gasteiger partial charge in [-0.3, -0.25) is 4.79 Å². The topological polar surface area (TPSA) is 88.8 Å². The van der Waals surface area contributed by atoms with Crippen molar-refractivity contribution < 1.29 is 23.8 Å². The normalized spacial score (nSPS) is 17.1. The van der Waals surface area contributed by atoms with Gasteiger partial charge in [0.15, 0.2) is 5.76 Å². The number of ether oxygens (including phenoxy) is 1. The predicted octanol–water partition coefficient (Wildman–Crippen LogP) is 2.87. The summed E-state index contributed by atoms with van der Waals surface area (Å²) in [5.74, 6) is -1.42. The highest BCUT2D eigenvalue weighted by atomic mass is 79.9. The standard InChI is InChI=1S/C16H16BrNO5/c1-9-11-8-10(17)2-3-12(11)23-13(9)14(19)18-16(15(20)21)4-6-22-7-5-16/h2-3,8H,4-7H2,1H3,(H,18,19)(H,20,21). The average Bonchev–Trinajstić information content (AvgIpc) is 2.85. The van der Waals surface area contributed by atoms with Gasteiger partial charge in [0.25, 0.3) is 5.91 Å². The minimum absolute atomic E-state index is 0.144. The summed E-state index contributed by atoms with van der Waals surface area (Å²) in [6, 6.07) is 5.46. The van der Waals surface area contributed by atoms with Gasteiger partial charge >= 0.3 is 5.97 Å². The Labute approximate surface area is 140 Å². The van der Waals surface area contributed by atoms with E-state index in [2.05, 4.69) is 21.2 Å². The van der Waals surface area contributed by atoms with Gasteiger partial charge in [0.05, 0.1) is 0 Å². The van der Waals surface area contributed by atoms with Crippen molar-refractivity contribution in [2.75, 3.05) is 13.2 Å². The summed E-state index contributed by atoms with van der Waals surface area (Å²) in [6.45, 7) is 2.39. The number of aryl methyl sites for hydroxylation is 1. The van der Waals surface area contributed by atoms with Crippen molar-refractivity contribution in [1.29, 1.82) is 0 Å². The molecule has 3 rings (SSSR count). The molecule has 1 aliphatic heterocycles. The average molecular weight is 382 g/mol. The van der Waals surface area contributed by atoms with Crippen molar-refractivity contribution in [3.8, 4) is 0 Å². The Bertz CT molecular complexity index is 776. The predicted molar refractivity (Wildman–Crippen MR) is 86.5 cm³/mol. The molecule has 1 saturated heterocycles. The van der Waals surface area contributed by atoms with Crippen molar-refractivity contribution in [2.24, 2.45) is 0 Å². The second-order valence-electron chi connectivity index (χ2n) is 5.65. The van der Waals surface area contributed by atoms with E-state index in [1.54, 1.807) is 13.0 Å². The summed E-state index contributed by atoms with van der Waals surface area (Å²) in [5, 5.41) is 13.0. The molecule has 0 spiro atoms. The molecule has 2 aromatic rings. The highest BCUT2D eigenvalue weighted by molar-refractivity contribution is 9.10. The number of rotatable bonds is 3. The summed E-state index contributed by atoms with van der Waals surface area (Å²) >= 11 is 3.39. The molecular formula is C16H16BrNO5. The number of carboxylic acid groups (broad SMARTS) is 1. The van der Waals surface area contributed by atoms with E-state index in [0.717, 1.165) is 9.86 Å². The van der Waals surface area contributed by atoms with Crippen LogP contribution >= 0.6 is 15.9 Å². The van der Waals surface area contributed by atoms with Gasteiger partial charge in [-0.2, -0.15) is 0 Å². The molecule has 0 radical (unpaired) electrons. The fourth-order valence-corrected chi connectivity index (χ4v) is 3.16. The van der Waals surface area contributed by atoms with Gasteiger partial charge in [0, 0.05) is 41.5 Å². The molecule has 2 N–H and O–H groups in total. The summed E-state index contributed by atoms with van der Waals surface area (Å²) in [4.78, 5) is 24.2. The van der Waals surface area contributed by atoms with E-state index in [1.807, 2.05) is 12.1 Å². The molecule has 1 fully saturated rings. The van der Waals surface area contributed by atoms with Crippen LogP contribution in [0.1, 0.15) is 29.0 Å². The number of amides is 1. The summed E-state index contributed by atoms with van der Waals surface area (Å²) in [6.07, 6.45) is 0.470. The lowest BCUT2D eigenvalue weighted by Crippen LogP contribution is -2.57. The number of benzene rings is 1. The van der Waals surface area contributed by atoms with Crippen LogP contribution in [0, 0.1) is 6.92 Å². The number of aliphatic carboxylic acids is 1. The first-order chi connectivity index (χ1) is 10.9. The molecular weight excluding hydrogens is 366 g/mol. The van der Waals surface area contributed by atoms with Gasteiger partial charge in [-0.1, -0.05) is 15.9 Å². The quantitative estimate of drug-likeness (QED) is 0.852. The van der Waals surface area contributed by atoms with Gasteiger partial charge in [0.2, 0.25) is 0 Å². The maximum atomic E-state index is 12.6. The van der Waals surface area contributed by atoms with Gasteiger partial charge in [-0.15, -0.1) is 0 Å². The fourth-order valence-electron chi connectivity index (χ4n) is 2.80. The van der Waals surface area contributed by atoms with E-state index in [-0.39, 0.29) is 18.6 Å². The monoisotopic (exact) mass is 381 g/mol. The molecule has 2 heterocycles. The second-order valence-corrected chi connectivity index (χ2v) is 6.57. The number of halogens is 1. The number of hydrogen-bond donors (Lipinski definition) is 2. The van der Waals surface area contributed by atoms with Crippen molar-refractivity contribution >= 4 is 38.8 Å². The number of hydrogen-bond acceptors (Lipinski definition) is 4. The first-order valence-corrected chi connectivity index (χ1v) is 8.04. The Morgan fingerprint density at radius 1 is 1.30 bits per heavy atom. The molecule has 1 amide bonds. The largest absolute Gasteiger partial charge is 0.480 e. The van der Waals surface area contributed by atoms with Crippen LogP contribution in [0.25, 0.3) is 11.0 Å². The van der Waals surface area contributed by atoms with Crippen LogP contribution in [0.15, 0.2) is 27.1 Å². The van der Waals surface area contributed by atoms with Gasteiger partial charge in [-0.05, 0) is 25.1 Å². The van der Waals surface area contributed by atoms with E-state index in [0.29, 0.717) is 24.4 Å². The third-order valence-corrected chi connectivity index (χ3v) is 4.71. The smallest absolute Gasteiger partial charge is 0.329 e. The molecule has 0 aliphatic carbocycles. The highest BCUT2D eigenvalue weighted by Crippen LogP contribution is 2.29. The maximum Gasteiger partial charge on any atom is 0.329 e. The molecule has 1 aliphatic rings. The zero-order chi connectivity index (χ0) is 16.6. The molecule has 7 heteroatoms. The Balaban J connectivity index is 1.94. The third kappa shape index (κ3) is 2.86. The number of furan rings is 1. The van der Waals surface area contributed by atoms with Crippen LogP contribution in [-0.2, 0) is 9.53 Å². The third-order valence-electron chi connectivity index (χ3n) is 4.21. The zero-order valence-corrected chi connectivity index (χ0v) is 14.1. The lowest BCUT2D eigenvalue weighted by Gasteiger charge is -2.33. The van der Waals surface area contributed by atoms with Crippen molar-refractivity contribution in [3.05, 3.63) is 34.0 Å². The SMILES string of the molecule is Cc1c(C(=O)NC2(C(=O)O)CCOCC2)oc2ccc(Br)cc12. The molecule has 0 saturated carbocycles. The summed E-state index contributed by atoms with van der Waals surface area (Å²) in [7, 11) is 0. The lowest BCUT2D eigenvalue weighted by atomic mass is 9.90. The van der Waals surface area contributed by atoms with Gasteiger partial charge < -0.3 is 19.6 Å². The van der Waals surface area contributed by atoms with Crippen LogP contribution in [0.5, 0.6) is 0 Å². The molecule has 0 unspecified atom stereocenters. The van der Waals surface area contributed by atoms with Crippen molar-refractivity contribution in [3.63, 3.8) is 0 Å². The van der Waals surface area contributed by atoms with E-state index in [4.69, 9.17) is 9.15 Å². The lowest BCUT2D eigenvalue weighted by molar-refractivity contribution is -0.148. The highest BCUT2D eigenvalue weighted by Gasteiger charge is 2.42. The number of nitrogens with one attached hydrogen (secondary N) is 1. The van der Waals surface area contributed by atoms with E-state index in [9.17, 15) is 14.7 Å². The van der Waals surface area contributed by atoms with Crippen molar-refractivity contribution in [1.82, 2.24) is 5.32 Å². The van der Waals surface area contributed by atoms with Gasteiger partial charge in [0.1, 0.15) is 11.1 Å². The van der Waals surface area contributed by atoms with Crippen LogP contribution in [0.3, 0.4) is 0 Å². The minimum Gasteiger partial charge on any atom is -0.480 e. The molecule has 0 atom stereocenters. The summed E-state index contributed by atoms with van der Waals surface area (Å²) < 4.78 is 11.7. The van der Waals surface area contributed by atoms with Gasteiger partial charge in [-0.25, -0.2) is 4.79 Å². The molecule has 122 valence electrons. The number of carbonyl (C=O) groups is 2. The molecule has 1 aromatic carbocycles.